The van der Waals surface area contributed by atoms with Crippen molar-refractivity contribution in [1.82, 2.24) is 0 Å². The van der Waals surface area contributed by atoms with Crippen LogP contribution in [0.15, 0.2) is 12.1 Å². The quantitative estimate of drug-likeness (QED) is 0.811. The first-order chi connectivity index (χ1) is 8.13. The van der Waals surface area contributed by atoms with Crippen molar-refractivity contribution in [3.63, 3.8) is 0 Å². The zero-order valence-corrected chi connectivity index (χ0v) is 9.40. The molecule has 17 heavy (non-hydrogen) atoms. The van der Waals surface area contributed by atoms with E-state index >= 15 is 0 Å². The molecule has 0 aliphatic carbocycles. The summed E-state index contributed by atoms with van der Waals surface area (Å²) < 4.78 is 24.0. The van der Waals surface area contributed by atoms with Crippen molar-refractivity contribution in [2.24, 2.45) is 5.92 Å². The number of ketones is 1. The van der Waals surface area contributed by atoms with Crippen LogP contribution in [-0.2, 0) is 0 Å². The Balaban J connectivity index is 2.37. The number of ether oxygens (including phenoxy) is 2. The molecule has 1 aromatic rings. The highest BCUT2D eigenvalue weighted by Crippen LogP contribution is 2.34. The summed E-state index contributed by atoms with van der Waals surface area (Å²) >= 11 is 0. The monoisotopic (exact) mass is 240 g/mol. The number of benzene rings is 1. The predicted molar refractivity (Wildman–Crippen MR) is 58.0 cm³/mol. The van der Waals surface area contributed by atoms with Gasteiger partial charge in [0.05, 0.1) is 6.61 Å². The maximum Gasteiger partial charge on any atom is 0.197 e. The van der Waals surface area contributed by atoms with E-state index in [1.165, 1.54) is 6.07 Å². The molecule has 0 bridgehead atoms. The Hall–Kier alpha value is -1.62. The van der Waals surface area contributed by atoms with Gasteiger partial charge in [-0.2, -0.15) is 0 Å². The van der Waals surface area contributed by atoms with Gasteiger partial charge < -0.3 is 14.6 Å². The third-order valence-electron chi connectivity index (χ3n) is 2.60. The molecule has 1 aliphatic heterocycles. The summed E-state index contributed by atoms with van der Waals surface area (Å²) in [4.78, 5) is 11.8. The lowest BCUT2D eigenvalue weighted by Gasteiger charge is -2.19. The molecule has 1 heterocycles. The van der Waals surface area contributed by atoms with Crippen molar-refractivity contribution in [2.45, 2.75) is 6.92 Å². The lowest BCUT2D eigenvalue weighted by atomic mass is 9.99. The zero-order chi connectivity index (χ0) is 12.4. The molecule has 1 aliphatic rings. The second-order valence-corrected chi connectivity index (χ2v) is 3.93. The molecule has 2 rings (SSSR count). The first kappa shape index (κ1) is 11.9. The average molecular weight is 240 g/mol. The van der Waals surface area contributed by atoms with Gasteiger partial charge in [-0.1, -0.05) is 6.92 Å². The second-order valence-electron chi connectivity index (χ2n) is 3.93. The first-order valence-corrected chi connectivity index (χ1v) is 5.37. The Morgan fingerprint density at radius 1 is 1.47 bits per heavy atom. The van der Waals surface area contributed by atoms with E-state index in [1.54, 1.807) is 6.92 Å². The van der Waals surface area contributed by atoms with Crippen LogP contribution in [0.4, 0.5) is 4.39 Å². The maximum absolute atomic E-state index is 13.6. The van der Waals surface area contributed by atoms with Gasteiger partial charge >= 0.3 is 0 Å². The first-order valence-electron chi connectivity index (χ1n) is 5.37. The molecular weight excluding hydrogens is 227 g/mol. The third-order valence-corrected chi connectivity index (χ3v) is 2.60. The van der Waals surface area contributed by atoms with Crippen molar-refractivity contribution in [3.8, 4) is 11.5 Å². The lowest BCUT2D eigenvalue weighted by molar-refractivity contribution is 0.0875. The number of halogens is 1. The van der Waals surface area contributed by atoms with E-state index in [1.807, 2.05) is 0 Å². The van der Waals surface area contributed by atoms with E-state index < -0.39 is 11.7 Å². The molecule has 5 heteroatoms. The smallest absolute Gasteiger partial charge is 0.197 e. The highest BCUT2D eigenvalue weighted by molar-refractivity contribution is 5.98. The summed E-state index contributed by atoms with van der Waals surface area (Å²) in [6, 6.07) is 2.56. The van der Waals surface area contributed by atoms with Gasteiger partial charge in [0.1, 0.15) is 13.2 Å². The maximum atomic E-state index is 13.6. The second kappa shape index (κ2) is 4.71. The number of aliphatic hydroxyl groups excluding tert-OH is 1. The van der Waals surface area contributed by atoms with Crippen LogP contribution >= 0.6 is 0 Å². The molecule has 1 atom stereocenters. The van der Waals surface area contributed by atoms with Crippen LogP contribution in [0.2, 0.25) is 0 Å². The van der Waals surface area contributed by atoms with Crippen molar-refractivity contribution >= 4 is 5.78 Å². The normalized spacial score (nSPS) is 15.5. The molecule has 0 unspecified atom stereocenters. The fourth-order valence-corrected chi connectivity index (χ4v) is 1.62. The summed E-state index contributed by atoms with van der Waals surface area (Å²) in [7, 11) is 0. The molecule has 92 valence electrons. The molecule has 0 saturated heterocycles. The van der Waals surface area contributed by atoms with Gasteiger partial charge in [0.15, 0.2) is 23.1 Å². The SMILES string of the molecule is C[C@H](CO)C(=O)c1cc(F)c2c(c1)OCCO2. The standard InChI is InChI=1S/C12H13FO4/c1-7(6-14)11(15)8-4-9(13)12-10(5-8)16-2-3-17-12/h4-5,7,14H,2-3,6H2,1H3/t7-/m1/s1. The van der Waals surface area contributed by atoms with Crippen molar-refractivity contribution in [2.75, 3.05) is 19.8 Å². The highest BCUT2D eigenvalue weighted by atomic mass is 19.1. The van der Waals surface area contributed by atoms with Gasteiger partial charge in [-0.3, -0.25) is 4.79 Å². The number of hydrogen-bond acceptors (Lipinski definition) is 4. The van der Waals surface area contributed by atoms with Gasteiger partial charge in [-0.25, -0.2) is 4.39 Å². The third kappa shape index (κ3) is 2.24. The molecule has 0 amide bonds. The number of rotatable bonds is 3. The van der Waals surface area contributed by atoms with Crippen molar-refractivity contribution in [3.05, 3.63) is 23.5 Å². The van der Waals surface area contributed by atoms with Crippen molar-refractivity contribution in [1.29, 1.82) is 0 Å². The van der Waals surface area contributed by atoms with Crippen LogP contribution in [-0.4, -0.2) is 30.7 Å². The largest absolute Gasteiger partial charge is 0.486 e. The molecule has 0 aromatic heterocycles. The minimum Gasteiger partial charge on any atom is -0.486 e. The van der Waals surface area contributed by atoms with Crippen LogP contribution < -0.4 is 9.47 Å². The van der Waals surface area contributed by atoms with Crippen LogP contribution in [0.1, 0.15) is 17.3 Å². The Morgan fingerprint density at radius 3 is 2.88 bits per heavy atom. The lowest BCUT2D eigenvalue weighted by Crippen LogP contribution is -2.19. The predicted octanol–water partition coefficient (Wildman–Crippen LogP) is 1.41. The number of aliphatic hydroxyl groups is 1. The van der Waals surface area contributed by atoms with Crippen LogP contribution in [0.25, 0.3) is 0 Å². The number of carbonyl (C=O) groups is 1. The van der Waals surface area contributed by atoms with Gasteiger partial charge in [-0.05, 0) is 12.1 Å². The Bertz CT molecular complexity index is 444. The number of carbonyl (C=O) groups excluding carboxylic acids is 1. The van der Waals surface area contributed by atoms with E-state index in [0.29, 0.717) is 13.2 Å². The molecular formula is C12H13FO4. The van der Waals surface area contributed by atoms with Crippen molar-refractivity contribution < 1.29 is 23.8 Å². The Labute approximate surface area is 98.0 Å². The molecule has 0 fully saturated rings. The summed E-state index contributed by atoms with van der Waals surface area (Å²) in [6.07, 6.45) is 0. The van der Waals surface area contributed by atoms with Gasteiger partial charge in [0.25, 0.3) is 0 Å². The fraction of sp³-hybridized carbons (Fsp3) is 0.417. The minimum atomic E-state index is -0.615. The summed E-state index contributed by atoms with van der Waals surface area (Å²) in [6.45, 7) is 1.94. The minimum absolute atomic E-state index is 0.0458. The topological polar surface area (TPSA) is 55.8 Å². The molecule has 1 N–H and O–H groups in total. The summed E-state index contributed by atoms with van der Waals surface area (Å²) in [5, 5.41) is 8.90. The molecule has 4 nitrogen and oxygen atoms in total. The zero-order valence-electron chi connectivity index (χ0n) is 9.40. The Kier molecular flexibility index (Phi) is 3.28. The number of hydrogen-bond donors (Lipinski definition) is 1. The van der Waals surface area contributed by atoms with Gasteiger partial charge in [-0.15, -0.1) is 0 Å². The van der Waals surface area contributed by atoms with E-state index in [2.05, 4.69) is 0 Å². The fourth-order valence-electron chi connectivity index (χ4n) is 1.62. The molecule has 0 saturated carbocycles. The van der Waals surface area contributed by atoms with Crippen LogP contribution in [0.5, 0.6) is 11.5 Å². The van der Waals surface area contributed by atoms with Crippen LogP contribution in [0.3, 0.4) is 0 Å². The number of Topliss-reactive ketones (excluding diaryl/α,β-unsaturated/α-hetero) is 1. The molecule has 1 aromatic carbocycles. The summed E-state index contributed by atoms with van der Waals surface area (Å²) in [5.41, 5.74) is 0.188. The molecule has 0 spiro atoms. The van der Waals surface area contributed by atoms with Gasteiger partial charge in [0, 0.05) is 11.5 Å². The average Bonchev–Trinajstić information content (AvgIpc) is 2.37. The number of fused-ring (bicyclic) bond motifs is 1. The van der Waals surface area contributed by atoms with Gasteiger partial charge in [0.2, 0.25) is 0 Å². The molecule has 0 radical (unpaired) electrons. The van der Waals surface area contributed by atoms with E-state index in [-0.39, 0.29) is 29.5 Å². The van der Waals surface area contributed by atoms with Crippen LogP contribution in [0, 0.1) is 11.7 Å². The van der Waals surface area contributed by atoms with E-state index in [0.717, 1.165) is 6.07 Å². The summed E-state index contributed by atoms with van der Waals surface area (Å²) in [5.74, 6) is -1.20. The van der Waals surface area contributed by atoms with E-state index in [9.17, 15) is 9.18 Å². The Morgan fingerprint density at radius 2 is 2.18 bits per heavy atom. The highest BCUT2D eigenvalue weighted by Gasteiger charge is 2.22. The van der Waals surface area contributed by atoms with E-state index in [4.69, 9.17) is 14.6 Å².